The van der Waals surface area contributed by atoms with Crippen LogP contribution in [-0.4, -0.2) is 46.1 Å². The van der Waals surface area contributed by atoms with E-state index in [1.807, 2.05) is 6.08 Å². The normalized spacial score (nSPS) is 19.8. The van der Waals surface area contributed by atoms with Gasteiger partial charge in [-0.05, 0) is 80.2 Å². The van der Waals surface area contributed by atoms with Gasteiger partial charge in [-0.1, -0.05) is 19.9 Å². The number of nitrogens with one attached hydrogen (secondary N) is 3. The molecule has 5 N–H and O–H groups in total. The van der Waals surface area contributed by atoms with E-state index < -0.39 is 41.5 Å². The summed E-state index contributed by atoms with van der Waals surface area (Å²) in [5.41, 5.74) is 5.19. The molecule has 4 amide bonds. The lowest BCUT2D eigenvalue weighted by Gasteiger charge is -2.23. The number of rotatable bonds is 11. The molecule has 3 aliphatic carbocycles. The van der Waals surface area contributed by atoms with Gasteiger partial charge in [-0.15, -0.1) is 13.2 Å². The van der Waals surface area contributed by atoms with Crippen molar-refractivity contribution >= 4 is 41.2 Å². The molecule has 2 heterocycles. The topological polar surface area (TPSA) is 183 Å². The Bertz CT molecular complexity index is 1490. The number of fused-ring (bicyclic) bond motifs is 3. The molecule has 2 aromatic rings. The second-order valence-electron chi connectivity index (χ2n) is 11.0. The van der Waals surface area contributed by atoms with Gasteiger partial charge in [0.25, 0.3) is 17.4 Å². The van der Waals surface area contributed by atoms with Crippen LogP contribution >= 0.6 is 0 Å². The number of amides is 4. The van der Waals surface area contributed by atoms with E-state index in [0.29, 0.717) is 24.0 Å². The number of Topliss-reactive ketones (excluding diaryl/α,β-unsaturated/α-hetero) is 1. The Kier molecular flexibility index (Phi) is 11.6. The second kappa shape index (κ2) is 15.1. The molecule has 5 rings (SSSR count). The minimum atomic E-state index is -1.29. The summed E-state index contributed by atoms with van der Waals surface area (Å²) in [6, 6.07) is 3.33. The average Bonchev–Trinajstić information content (AvgIpc) is 3.74. The van der Waals surface area contributed by atoms with Crippen molar-refractivity contribution in [1.29, 1.82) is 0 Å². The molecule has 12 heteroatoms. The molecule has 2 fully saturated rings. The van der Waals surface area contributed by atoms with Gasteiger partial charge < -0.3 is 30.7 Å². The zero-order valence-electron chi connectivity index (χ0n) is 23.9. The molecular weight excluding hydrogens is 566 g/mol. The molecule has 0 radical (unpaired) electrons. The quantitative estimate of drug-likeness (QED) is 0.224. The van der Waals surface area contributed by atoms with Gasteiger partial charge in [0.15, 0.2) is 5.76 Å². The summed E-state index contributed by atoms with van der Waals surface area (Å²) in [5.74, 6) is -2.12. The zero-order valence-corrected chi connectivity index (χ0v) is 23.9. The van der Waals surface area contributed by atoms with E-state index in [1.54, 1.807) is 12.1 Å². The summed E-state index contributed by atoms with van der Waals surface area (Å²) in [7, 11) is 0. The van der Waals surface area contributed by atoms with E-state index in [-0.39, 0.29) is 43.8 Å². The Hall–Kier alpha value is -4.74. The number of nitrogens with zero attached hydrogens (tertiary/aromatic N) is 1. The van der Waals surface area contributed by atoms with Crippen molar-refractivity contribution in [1.82, 2.24) is 15.2 Å². The fourth-order valence-corrected chi connectivity index (χ4v) is 6.02. The van der Waals surface area contributed by atoms with E-state index in [9.17, 15) is 28.8 Å². The number of hydrogen-bond donors (Lipinski definition) is 4. The first-order valence-corrected chi connectivity index (χ1v) is 14.4. The molecule has 2 aromatic heterocycles. The monoisotopic (exact) mass is 607 g/mol. The lowest BCUT2D eigenvalue weighted by Crippen LogP contribution is -2.45. The average molecular weight is 608 g/mol. The number of hydrogen-bond acceptors (Lipinski definition) is 7. The summed E-state index contributed by atoms with van der Waals surface area (Å²) in [5, 5.41) is 8.06. The number of ketones is 1. The standard InChI is InChI=1S/C29H33N5O7.C2H4.CH4/c30-26(37)22(35)10-9-19(32-28(39)24-14-18-4-1-2-6-23(18)41-24)27(38)33-20-5-3-11-34(29(20)40)15-25(36)31-21-13-16-7-8-17(21)12-16;1-2;/h2-3,5-6,11,14,16-17,19,21H,1,4,7-10,12-13,15H2,(H2,30,37)(H,31,36)(H,32,39)(H,33,38);1-2H2;1H4. The maximum absolute atomic E-state index is 13.2. The number of carbonyl (C=O) groups excluding carboxylic acids is 5. The van der Waals surface area contributed by atoms with E-state index in [4.69, 9.17) is 10.2 Å². The first-order chi connectivity index (χ1) is 20.7. The van der Waals surface area contributed by atoms with Crippen molar-refractivity contribution in [2.24, 2.45) is 17.6 Å². The van der Waals surface area contributed by atoms with E-state index in [2.05, 4.69) is 29.1 Å². The molecule has 44 heavy (non-hydrogen) atoms. The maximum Gasteiger partial charge on any atom is 0.287 e. The molecule has 12 nitrogen and oxygen atoms in total. The van der Waals surface area contributed by atoms with Crippen molar-refractivity contribution in [3.05, 3.63) is 71.1 Å². The number of nitrogens with two attached hydrogens (primary N) is 1. The van der Waals surface area contributed by atoms with Gasteiger partial charge in [0.05, 0.1) is 0 Å². The Morgan fingerprint density at radius 1 is 1.14 bits per heavy atom. The fraction of sp³-hybridized carbons (Fsp3) is 0.438. The largest absolute Gasteiger partial charge is 0.451 e. The van der Waals surface area contributed by atoms with E-state index in [1.165, 1.54) is 29.3 Å². The van der Waals surface area contributed by atoms with Gasteiger partial charge in [-0.2, -0.15) is 0 Å². The van der Waals surface area contributed by atoms with Crippen molar-refractivity contribution < 1.29 is 28.4 Å². The third-order valence-corrected chi connectivity index (χ3v) is 8.15. The highest BCUT2D eigenvalue weighted by molar-refractivity contribution is 6.35. The Labute approximate surface area is 256 Å². The van der Waals surface area contributed by atoms with Crippen LogP contribution in [0, 0.1) is 11.8 Å². The highest BCUT2D eigenvalue weighted by Crippen LogP contribution is 2.44. The summed E-state index contributed by atoms with van der Waals surface area (Å²) in [6.07, 6.45) is 10.4. The number of anilines is 1. The van der Waals surface area contributed by atoms with Gasteiger partial charge in [0, 0.05) is 18.7 Å². The number of furan rings is 1. The lowest BCUT2D eigenvalue weighted by molar-refractivity contribution is -0.136. The van der Waals surface area contributed by atoms with Crippen LogP contribution in [0.25, 0.3) is 6.08 Å². The fourth-order valence-electron chi connectivity index (χ4n) is 6.02. The van der Waals surface area contributed by atoms with Crippen LogP contribution in [0.4, 0.5) is 5.69 Å². The molecule has 4 unspecified atom stereocenters. The van der Waals surface area contributed by atoms with E-state index >= 15 is 0 Å². The Morgan fingerprint density at radius 2 is 1.91 bits per heavy atom. The minimum Gasteiger partial charge on any atom is -0.451 e. The van der Waals surface area contributed by atoms with Gasteiger partial charge in [-0.25, -0.2) is 0 Å². The van der Waals surface area contributed by atoms with Crippen LogP contribution in [-0.2, 0) is 32.1 Å². The molecule has 0 aliphatic heterocycles. The highest BCUT2D eigenvalue weighted by Gasteiger charge is 2.40. The molecule has 2 saturated carbocycles. The van der Waals surface area contributed by atoms with Crippen LogP contribution in [0.15, 0.2) is 52.8 Å². The molecular formula is C32H41N5O7. The Balaban J connectivity index is 0.00000173. The summed E-state index contributed by atoms with van der Waals surface area (Å²) >= 11 is 0. The molecule has 236 valence electrons. The number of pyridine rings is 1. The number of aromatic nitrogens is 1. The third kappa shape index (κ3) is 8.00. The Morgan fingerprint density at radius 3 is 2.57 bits per heavy atom. The van der Waals surface area contributed by atoms with Crippen molar-refractivity contribution in [2.75, 3.05) is 5.32 Å². The molecule has 2 bridgehead atoms. The van der Waals surface area contributed by atoms with E-state index in [0.717, 1.165) is 31.2 Å². The van der Waals surface area contributed by atoms with Gasteiger partial charge in [-0.3, -0.25) is 28.8 Å². The molecule has 0 spiro atoms. The van der Waals surface area contributed by atoms with Gasteiger partial charge in [0.2, 0.25) is 17.6 Å². The predicted molar refractivity (Wildman–Crippen MR) is 165 cm³/mol. The van der Waals surface area contributed by atoms with Crippen LogP contribution in [0.2, 0.25) is 0 Å². The zero-order chi connectivity index (χ0) is 31.1. The number of allylic oxidation sites excluding steroid dienone is 1. The maximum atomic E-state index is 13.2. The molecule has 3 aliphatic rings. The third-order valence-electron chi connectivity index (χ3n) is 8.15. The number of carbonyl (C=O) groups is 5. The summed E-state index contributed by atoms with van der Waals surface area (Å²) < 4.78 is 6.80. The SMILES string of the molecule is C.C=C.NC(=O)C(=O)CCC(NC(=O)c1cc2c(o1)C=CCC2)C(=O)Nc1cccn(CC(=O)NC2CC3CCC2C3)c1=O. The van der Waals surface area contributed by atoms with Crippen LogP contribution in [0.5, 0.6) is 0 Å². The predicted octanol–water partition coefficient (Wildman–Crippen LogP) is 2.72. The van der Waals surface area contributed by atoms with Crippen LogP contribution < -0.4 is 27.2 Å². The highest BCUT2D eigenvalue weighted by atomic mass is 16.4. The second-order valence-corrected chi connectivity index (χ2v) is 11.0. The number of primary amides is 1. The first-order valence-electron chi connectivity index (χ1n) is 14.4. The van der Waals surface area contributed by atoms with Crippen molar-refractivity contribution in [3.63, 3.8) is 0 Å². The molecule has 0 aromatic carbocycles. The summed E-state index contributed by atoms with van der Waals surface area (Å²) in [6.45, 7) is 5.79. The lowest BCUT2D eigenvalue weighted by atomic mass is 9.95. The van der Waals surface area contributed by atoms with Crippen molar-refractivity contribution in [2.45, 2.75) is 77.4 Å². The minimum absolute atomic E-state index is 0. The van der Waals surface area contributed by atoms with Crippen molar-refractivity contribution in [3.8, 4) is 0 Å². The van der Waals surface area contributed by atoms with Gasteiger partial charge in [0.1, 0.15) is 24.0 Å². The molecule has 0 saturated heterocycles. The van der Waals surface area contributed by atoms with Crippen LogP contribution in [0.1, 0.15) is 74.3 Å². The summed E-state index contributed by atoms with van der Waals surface area (Å²) in [4.78, 5) is 75.0. The smallest absolute Gasteiger partial charge is 0.287 e. The number of aryl methyl sites for hydroxylation is 1. The molecule has 4 atom stereocenters. The van der Waals surface area contributed by atoms with Crippen LogP contribution in [0.3, 0.4) is 0 Å². The van der Waals surface area contributed by atoms with Gasteiger partial charge >= 0.3 is 0 Å². The first kappa shape index (κ1) is 33.8.